The molecule has 3 saturated carbocycles. The minimum Gasteiger partial charge on any atom is -0.324 e. The zero-order chi connectivity index (χ0) is 22.6. The van der Waals surface area contributed by atoms with Gasteiger partial charge >= 0.3 is 0 Å². The molecular weight excluding hydrogens is 413 g/mol. The highest BCUT2D eigenvalue weighted by Gasteiger charge is 2.59. The Morgan fingerprint density at radius 1 is 1.06 bits per heavy atom. The summed E-state index contributed by atoms with van der Waals surface area (Å²) in [7, 11) is 0. The first-order valence-corrected chi connectivity index (χ1v) is 11.8. The van der Waals surface area contributed by atoms with Gasteiger partial charge in [0.1, 0.15) is 11.5 Å². The first kappa shape index (κ1) is 20.4. The van der Waals surface area contributed by atoms with Crippen LogP contribution in [-0.2, 0) is 4.79 Å². The number of carbonyl (C=O) groups excluding carboxylic acids is 1. The van der Waals surface area contributed by atoms with Crippen molar-refractivity contribution in [3.63, 3.8) is 0 Å². The lowest BCUT2D eigenvalue weighted by Crippen LogP contribution is -2.30. The SMILES string of the molecule is C#Cc1ccc(NC(=O)C2([C@H]3CC4C[C@H](c5ccnc6ccc(F)cc56)C[C@@H]4C3)CC2)cn1. The van der Waals surface area contributed by atoms with E-state index >= 15 is 0 Å². The summed E-state index contributed by atoms with van der Waals surface area (Å²) in [6.45, 7) is 0. The molecule has 166 valence electrons. The molecule has 3 aliphatic rings. The van der Waals surface area contributed by atoms with Crippen LogP contribution in [0.1, 0.15) is 55.7 Å². The summed E-state index contributed by atoms with van der Waals surface area (Å²) >= 11 is 0. The number of pyridine rings is 2. The number of benzene rings is 1. The number of aromatic nitrogens is 2. The predicted octanol–water partition coefficient (Wildman–Crippen LogP) is 5.69. The quantitative estimate of drug-likeness (QED) is 0.532. The van der Waals surface area contributed by atoms with Crippen LogP contribution in [0.25, 0.3) is 10.9 Å². The van der Waals surface area contributed by atoms with Crippen molar-refractivity contribution in [2.45, 2.75) is 44.4 Å². The lowest BCUT2D eigenvalue weighted by Gasteiger charge is -2.24. The molecule has 1 unspecified atom stereocenters. The summed E-state index contributed by atoms with van der Waals surface area (Å²) in [4.78, 5) is 21.8. The predicted molar refractivity (Wildman–Crippen MR) is 126 cm³/mol. The molecule has 0 radical (unpaired) electrons. The third-order valence-electron chi connectivity index (χ3n) is 8.38. The molecule has 0 aliphatic heterocycles. The van der Waals surface area contributed by atoms with Crippen LogP contribution in [0.15, 0.2) is 48.8 Å². The number of carbonyl (C=O) groups is 1. The van der Waals surface area contributed by atoms with Crippen LogP contribution in [0.5, 0.6) is 0 Å². The van der Waals surface area contributed by atoms with Gasteiger partial charge in [0.05, 0.1) is 22.8 Å². The number of halogens is 1. The Hall–Kier alpha value is -3.26. The molecule has 3 aromatic rings. The molecule has 1 N–H and O–H groups in total. The summed E-state index contributed by atoms with van der Waals surface area (Å²) in [5.74, 6) is 4.59. The molecule has 2 heterocycles. The van der Waals surface area contributed by atoms with Gasteiger partial charge in [0, 0.05) is 11.6 Å². The van der Waals surface area contributed by atoms with E-state index in [4.69, 9.17) is 6.42 Å². The van der Waals surface area contributed by atoms with Gasteiger partial charge in [0.25, 0.3) is 0 Å². The molecule has 1 amide bonds. The van der Waals surface area contributed by atoms with E-state index in [1.165, 1.54) is 11.6 Å². The standard InChI is InChI=1S/C28H26FN3O/c1-2-22-4-5-23(16-31-22)32-27(33)28(8-9-28)20-13-17-11-19(12-18(17)14-20)24-7-10-30-26-6-3-21(29)15-25(24)26/h1,3-7,10,15-20H,8-9,11-14H2,(H,32,33)/t17-,18?,19-,20-/m1/s1. The van der Waals surface area contributed by atoms with Crippen LogP contribution >= 0.6 is 0 Å². The van der Waals surface area contributed by atoms with Gasteiger partial charge in [-0.05, 0) is 104 Å². The molecule has 5 heteroatoms. The second-order valence-corrected chi connectivity index (χ2v) is 10.1. The lowest BCUT2D eigenvalue weighted by atomic mass is 9.82. The molecule has 3 aliphatic carbocycles. The maximum atomic E-state index is 13.9. The van der Waals surface area contributed by atoms with Gasteiger partial charge in [-0.1, -0.05) is 5.92 Å². The van der Waals surface area contributed by atoms with E-state index in [0.717, 1.165) is 49.4 Å². The van der Waals surface area contributed by atoms with Crippen LogP contribution in [-0.4, -0.2) is 15.9 Å². The monoisotopic (exact) mass is 439 g/mol. The molecule has 0 spiro atoms. The Kier molecular flexibility index (Phi) is 4.72. The fourth-order valence-electron chi connectivity index (χ4n) is 6.58. The van der Waals surface area contributed by atoms with Crippen LogP contribution in [0.4, 0.5) is 10.1 Å². The topological polar surface area (TPSA) is 54.9 Å². The van der Waals surface area contributed by atoms with E-state index in [2.05, 4.69) is 27.3 Å². The van der Waals surface area contributed by atoms with Gasteiger partial charge < -0.3 is 5.32 Å². The highest BCUT2D eigenvalue weighted by atomic mass is 19.1. The zero-order valence-corrected chi connectivity index (χ0v) is 18.4. The number of hydrogen-bond acceptors (Lipinski definition) is 3. The minimum atomic E-state index is -0.225. The molecule has 0 saturated heterocycles. The Morgan fingerprint density at radius 3 is 2.52 bits per heavy atom. The fourth-order valence-corrected chi connectivity index (χ4v) is 6.58. The van der Waals surface area contributed by atoms with Crippen LogP contribution < -0.4 is 5.32 Å². The van der Waals surface area contributed by atoms with E-state index < -0.39 is 0 Å². The van der Waals surface area contributed by atoms with Crippen molar-refractivity contribution in [2.75, 3.05) is 5.32 Å². The number of amides is 1. The van der Waals surface area contributed by atoms with Crippen molar-refractivity contribution < 1.29 is 9.18 Å². The number of rotatable bonds is 4. The first-order valence-electron chi connectivity index (χ1n) is 11.8. The molecule has 6 rings (SSSR count). The van der Waals surface area contributed by atoms with Gasteiger partial charge in [-0.15, -0.1) is 6.42 Å². The van der Waals surface area contributed by atoms with Crippen molar-refractivity contribution in [3.8, 4) is 12.3 Å². The molecule has 33 heavy (non-hydrogen) atoms. The third kappa shape index (κ3) is 3.49. The fraction of sp³-hybridized carbons (Fsp3) is 0.393. The lowest BCUT2D eigenvalue weighted by molar-refractivity contribution is -0.123. The number of fused-ring (bicyclic) bond motifs is 2. The largest absolute Gasteiger partial charge is 0.324 e. The second kappa shape index (κ2) is 7.66. The van der Waals surface area contributed by atoms with Crippen LogP contribution in [0.3, 0.4) is 0 Å². The van der Waals surface area contributed by atoms with E-state index in [9.17, 15) is 9.18 Å². The summed E-state index contributed by atoms with van der Waals surface area (Å²) in [6.07, 6.45) is 15.2. The highest BCUT2D eigenvalue weighted by molar-refractivity contribution is 5.97. The molecule has 1 aromatic carbocycles. The third-order valence-corrected chi connectivity index (χ3v) is 8.38. The van der Waals surface area contributed by atoms with Crippen molar-refractivity contribution in [3.05, 3.63) is 65.9 Å². The first-order chi connectivity index (χ1) is 16.1. The van der Waals surface area contributed by atoms with Gasteiger partial charge in [-0.2, -0.15) is 0 Å². The Morgan fingerprint density at radius 2 is 1.85 bits per heavy atom. The second-order valence-electron chi connectivity index (χ2n) is 10.1. The normalized spacial score (nSPS) is 27.2. The van der Waals surface area contributed by atoms with Gasteiger partial charge in [-0.3, -0.25) is 9.78 Å². The van der Waals surface area contributed by atoms with Crippen molar-refractivity contribution in [1.82, 2.24) is 9.97 Å². The molecule has 4 atom stereocenters. The van der Waals surface area contributed by atoms with E-state index in [-0.39, 0.29) is 17.1 Å². The Labute approximate surface area is 193 Å². The number of anilines is 1. The number of terminal acetylenes is 1. The Bertz CT molecular complexity index is 1260. The van der Waals surface area contributed by atoms with E-state index in [1.807, 2.05) is 12.3 Å². The summed E-state index contributed by atoms with van der Waals surface area (Å²) in [6, 6.07) is 10.5. The summed E-state index contributed by atoms with van der Waals surface area (Å²) in [5, 5.41) is 4.03. The smallest absolute Gasteiger partial charge is 0.230 e. The highest BCUT2D eigenvalue weighted by Crippen LogP contribution is 2.63. The average molecular weight is 440 g/mol. The maximum Gasteiger partial charge on any atom is 0.230 e. The molecular formula is C28H26FN3O. The number of hydrogen-bond donors (Lipinski definition) is 1. The average Bonchev–Trinajstić information content (AvgIpc) is 3.40. The van der Waals surface area contributed by atoms with Crippen molar-refractivity contribution >= 4 is 22.5 Å². The Balaban J connectivity index is 1.15. The molecule has 4 nitrogen and oxygen atoms in total. The van der Waals surface area contributed by atoms with Gasteiger partial charge in [-0.25, -0.2) is 9.37 Å². The summed E-state index contributed by atoms with van der Waals surface area (Å²) < 4.78 is 13.9. The van der Waals surface area contributed by atoms with Crippen molar-refractivity contribution in [2.24, 2.45) is 23.2 Å². The van der Waals surface area contributed by atoms with Crippen LogP contribution in [0, 0.1) is 41.3 Å². The van der Waals surface area contributed by atoms with Crippen LogP contribution in [0.2, 0.25) is 0 Å². The number of nitrogens with zero attached hydrogens (tertiary/aromatic N) is 2. The zero-order valence-electron chi connectivity index (χ0n) is 18.4. The number of nitrogens with one attached hydrogen (secondary N) is 1. The minimum absolute atomic E-state index is 0.134. The van der Waals surface area contributed by atoms with Gasteiger partial charge in [0.2, 0.25) is 5.91 Å². The molecule has 3 fully saturated rings. The van der Waals surface area contributed by atoms with Gasteiger partial charge in [0.15, 0.2) is 0 Å². The van der Waals surface area contributed by atoms with E-state index in [0.29, 0.717) is 35.1 Å². The molecule has 2 aromatic heterocycles. The summed E-state index contributed by atoms with van der Waals surface area (Å²) in [5.41, 5.74) is 3.14. The van der Waals surface area contributed by atoms with Crippen molar-refractivity contribution in [1.29, 1.82) is 0 Å². The molecule has 0 bridgehead atoms. The van der Waals surface area contributed by atoms with E-state index in [1.54, 1.807) is 24.4 Å². The maximum absolute atomic E-state index is 13.9.